The summed E-state index contributed by atoms with van der Waals surface area (Å²) in [5.74, 6) is -1.89. The molecule has 12 nitrogen and oxygen atoms in total. The van der Waals surface area contributed by atoms with E-state index in [1.165, 1.54) is 0 Å². The third-order valence-electron chi connectivity index (χ3n) is 7.87. The molecule has 1 aromatic heterocycles. The molecule has 1 saturated heterocycles. The lowest BCUT2D eigenvalue weighted by Crippen LogP contribution is -2.43. The number of H-pyrrole nitrogens is 1. The molecule has 5 atom stereocenters. The van der Waals surface area contributed by atoms with Crippen molar-refractivity contribution < 1.29 is 37.4 Å². The van der Waals surface area contributed by atoms with E-state index in [9.17, 15) is 28.4 Å². The number of benzene rings is 2. The highest BCUT2D eigenvalue weighted by atomic mass is 31.2. The Balaban J connectivity index is 1.38. The highest BCUT2D eigenvalue weighted by Crippen LogP contribution is 2.48. The van der Waals surface area contributed by atoms with Crippen LogP contribution < -0.4 is 20.9 Å². The molecule has 44 heavy (non-hydrogen) atoms. The Morgan fingerprint density at radius 2 is 1.89 bits per heavy atom. The number of esters is 1. The van der Waals surface area contributed by atoms with Crippen molar-refractivity contribution >= 4 is 24.5 Å². The van der Waals surface area contributed by atoms with Crippen LogP contribution in [0.25, 0.3) is 10.8 Å². The predicted octanol–water partition coefficient (Wildman–Crippen LogP) is 4.17. The van der Waals surface area contributed by atoms with E-state index in [4.69, 9.17) is 18.5 Å². The first kappa shape index (κ1) is 32.1. The third kappa shape index (κ3) is 7.47. The second kappa shape index (κ2) is 13.7. The number of carbonyl (C=O) groups excluding carboxylic acids is 1. The number of aromatic nitrogens is 2. The Labute approximate surface area is 253 Å². The molecule has 1 aliphatic heterocycles. The van der Waals surface area contributed by atoms with Crippen LogP contribution in [0.3, 0.4) is 0 Å². The number of nitrogens with zero attached hydrogens (tertiary/aromatic N) is 1. The fourth-order valence-corrected chi connectivity index (χ4v) is 7.13. The molecule has 2 heterocycles. The van der Waals surface area contributed by atoms with E-state index in [0.29, 0.717) is 11.6 Å². The lowest BCUT2D eigenvalue weighted by molar-refractivity contribution is -0.153. The second-order valence-electron chi connectivity index (χ2n) is 11.5. The van der Waals surface area contributed by atoms with Gasteiger partial charge in [0, 0.05) is 11.8 Å². The van der Waals surface area contributed by atoms with Crippen LogP contribution in [0.15, 0.2) is 58.3 Å². The number of aromatic amines is 1. The summed E-state index contributed by atoms with van der Waals surface area (Å²) < 4.78 is 52.5. The van der Waals surface area contributed by atoms with E-state index in [-0.39, 0.29) is 24.2 Å². The molecule has 0 spiro atoms. The van der Waals surface area contributed by atoms with Crippen LogP contribution in [0.2, 0.25) is 0 Å². The van der Waals surface area contributed by atoms with E-state index in [1.807, 2.05) is 23.2 Å². The van der Waals surface area contributed by atoms with Gasteiger partial charge in [0.15, 0.2) is 0 Å². The van der Waals surface area contributed by atoms with Gasteiger partial charge in [0.05, 0.1) is 18.9 Å². The number of aliphatic hydroxyl groups excluding tert-OH is 1. The number of halogens is 1. The molecule has 2 aromatic carbocycles. The number of hydrogen-bond acceptors (Lipinski definition) is 9. The molecule has 2 fully saturated rings. The maximum atomic E-state index is 14.4. The quantitative estimate of drug-likeness (QED) is 0.207. The molecule has 2 aliphatic rings. The van der Waals surface area contributed by atoms with Gasteiger partial charge in [-0.05, 0) is 43.1 Å². The van der Waals surface area contributed by atoms with Gasteiger partial charge in [-0.25, -0.2) is 9.36 Å². The Morgan fingerprint density at radius 3 is 2.64 bits per heavy atom. The molecule has 0 radical (unpaired) electrons. The second-order valence-corrected chi connectivity index (χ2v) is 13.2. The number of ether oxygens (including phenoxy) is 2. The van der Waals surface area contributed by atoms with Crippen molar-refractivity contribution in [1.82, 2.24) is 14.6 Å². The van der Waals surface area contributed by atoms with Crippen LogP contribution >= 0.6 is 7.75 Å². The van der Waals surface area contributed by atoms with Gasteiger partial charge in [0.1, 0.15) is 30.2 Å². The summed E-state index contributed by atoms with van der Waals surface area (Å²) in [5, 5.41) is 15.0. The van der Waals surface area contributed by atoms with Gasteiger partial charge in [0.25, 0.3) is 5.56 Å². The molecule has 1 saturated carbocycles. The van der Waals surface area contributed by atoms with Crippen LogP contribution in [0, 0.1) is 11.7 Å². The zero-order valence-corrected chi connectivity index (χ0v) is 25.4. The Hall–Kier alpha value is -3.35. The Morgan fingerprint density at radius 1 is 1.16 bits per heavy atom. The summed E-state index contributed by atoms with van der Waals surface area (Å²) in [7, 11) is -4.38. The monoisotopic (exact) mass is 633 g/mol. The number of nitrogens with one attached hydrogen (secondary N) is 2. The van der Waals surface area contributed by atoms with Gasteiger partial charge in [-0.2, -0.15) is 9.48 Å². The maximum Gasteiger partial charge on any atom is 0.459 e. The summed E-state index contributed by atoms with van der Waals surface area (Å²) in [4.78, 5) is 38.8. The van der Waals surface area contributed by atoms with Gasteiger partial charge in [-0.15, -0.1) is 0 Å². The highest BCUT2D eigenvalue weighted by molar-refractivity contribution is 7.52. The van der Waals surface area contributed by atoms with Crippen molar-refractivity contribution in [1.29, 1.82) is 0 Å². The largest absolute Gasteiger partial charge is 0.461 e. The molecule has 1 aliphatic carbocycles. The summed E-state index contributed by atoms with van der Waals surface area (Å²) >= 11 is 0. The van der Waals surface area contributed by atoms with Crippen LogP contribution in [0.5, 0.6) is 5.75 Å². The van der Waals surface area contributed by atoms with E-state index in [0.717, 1.165) is 42.1 Å². The molecule has 0 amide bonds. The predicted molar refractivity (Wildman–Crippen MR) is 159 cm³/mol. The molecular weight excluding hydrogens is 596 g/mol. The molecule has 1 unspecified atom stereocenters. The lowest BCUT2D eigenvalue weighted by Gasteiger charge is -2.30. The first-order chi connectivity index (χ1) is 21.0. The minimum atomic E-state index is -4.38. The summed E-state index contributed by atoms with van der Waals surface area (Å²) in [6.07, 6.45) is 1.44. The molecule has 238 valence electrons. The van der Waals surface area contributed by atoms with Crippen molar-refractivity contribution in [2.24, 2.45) is 5.92 Å². The molecule has 0 bridgehead atoms. The minimum Gasteiger partial charge on any atom is -0.461 e. The Kier molecular flexibility index (Phi) is 10.0. The van der Waals surface area contributed by atoms with E-state index in [2.05, 4.69) is 5.09 Å². The van der Waals surface area contributed by atoms with E-state index < -0.39 is 61.9 Å². The summed E-state index contributed by atoms with van der Waals surface area (Å²) in [6, 6.07) is 11.5. The van der Waals surface area contributed by atoms with E-state index in [1.54, 1.807) is 38.1 Å². The SMILES string of the molecule is CC(C)[C@H](NP(=O)(OC[C@H]1O[C@@H](n2cc(F)c(=O)[nH]c2=O)C[C@@H]1O)Oc1cccc2ccccc12)C(=O)OC1CCCCC1. The molecule has 3 N–H and O–H groups in total. The normalized spacial score (nSPS) is 23.0. The first-order valence-corrected chi connectivity index (χ1v) is 16.3. The van der Waals surface area contributed by atoms with Gasteiger partial charge in [0.2, 0.25) is 5.82 Å². The average Bonchev–Trinajstić information content (AvgIpc) is 3.37. The molecule has 5 rings (SSSR count). The fraction of sp³-hybridized carbons (Fsp3) is 0.500. The minimum absolute atomic E-state index is 0.135. The van der Waals surface area contributed by atoms with Gasteiger partial charge >= 0.3 is 19.4 Å². The van der Waals surface area contributed by atoms with Crippen molar-refractivity contribution in [3.8, 4) is 5.75 Å². The van der Waals surface area contributed by atoms with Crippen molar-refractivity contribution in [2.45, 2.75) is 83.0 Å². The van der Waals surface area contributed by atoms with Crippen LogP contribution in [-0.2, 0) is 23.4 Å². The third-order valence-corrected chi connectivity index (χ3v) is 9.39. The number of fused-ring (bicyclic) bond motifs is 1. The number of aliphatic hydroxyl groups is 1. The van der Waals surface area contributed by atoms with Gasteiger partial charge < -0.3 is 19.1 Å². The van der Waals surface area contributed by atoms with Gasteiger partial charge in [-0.1, -0.05) is 56.7 Å². The topological polar surface area (TPSA) is 158 Å². The molecule has 3 aromatic rings. The van der Waals surface area contributed by atoms with Crippen molar-refractivity contribution in [3.05, 3.63) is 75.3 Å². The highest BCUT2D eigenvalue weighted by Gasteiger charge is 2.41. The van der Waals surface area contributed by atoms with E-state index >= 15 is 0 Å². The standard InChI is InChI=1S/C30H37FN3O9P/c1-18(2)27(29(37)41-20-11-4-3-5-12-20)33-44(39,43-24-14-8-10-19-9-6-7-13-21(19)24)40-17-25-23(35)15-26(42-25)34-16-22(31)28(36)32-30(34)38/h6-10,13-14,16,18,20,23,25-27,35H,3-5,11-12,15,17H2,1-2H3,(H,33,39)(H,32,36,38)/t23-,25+,26+,27-,44?/m0/s1. The van der Waals surface area contributed by atoms with Gasteiger partial charge in [-0.3, -0.25) is 23.7 Å². The lowest BCUT2D eigenvalue weighted by atomic mass is 9.97. The van der Waals surface area contributed by atoms with Crippen LogP contribution in [0.4, 0.5) is 4.39 Å². The summed E-state index contributed by atoms with van der Waals surface area (Å²) in [6.45, 7) is 3.07. The zero-order chi connectivity index (χ0) is 31.4. The average molecular weight is 634 g/mol. The molecular formula is C30H37FN3O9P. The number of hydrogen-bond donors (Lipinski definition) is 3. The zero-order valence-electron chi connectivity index (χ0n) is 24.5. The number of carbonyl (C=O) groups is 1. The molecule has 14 heteroatoms. The maximum absolute atomic E-state index is 14.4. The van der Waals surface area contributed by atoms with Crippen molar-refractivity contribution in [3.63, 3.8) is 0 Å². The van der Waals surface area contributed by atoms with Crippen LogP contribution in [-0.4, -0.2) is 51.6 Å². The summed E-state index contributed by atoms with van der Waals surface area (Å²) in [5.41, 5.74) is -2.10. The first-order valence-electron chi connectivity index (χ1n) is 14.8. The fourth-order valence-electron chi connectivity index (χ4n) is 5.44. The smallest absolute Gasteiger partial charge is 0.459 e. The number of rotatable bonds is 11. The van der Waals surface area contributed by atoms with Crippen LogP contribution in [0.1, 0.15) is 58.6 Å². The Bertz CT molecular complexity index is 1630. The van der Waals surface area contributed by atoms with Crippen molar-refractivity contribution in [2.75, 3.05) is 6.61 Å².